The van der Waals surface area contributed by atoms with E-state index >= 15 is 0 Å². The summed E-state index contributed by atoms with van der Waals surface area (Å²) in [6, 6.07) is 1.88. The lowest BCUT2D eigenvalue weighted by molar-refractivity contribution is 0.305. The van der Waals surface area contributed by atoms with E-state index in [1.54, 1.807) is 11.8 Å². The minimum Gasteiger partial charge on any atom is -0.316 e. The van der Waals surface area contributed by atoms with E-state index in [4.69, 9.17) is 0 Å². The second kappa shape index (κ2) is 5.69. The number of rotatable bonds is 4. The SMILES string of the molecule is CNC(CSc1nc(C)cc(=O)[nH]1)C(C)(C)C. The molecule has 0 aliphatic carbocycles. The van der Waals surface area contributed by atoms with Crippen molar-refractivity contribution in [2.75, 3.05) is 12.8 Å². The Morgan fingerprint density at radius 1 is 1.53 bits per heavy atom. The first-order chi connectivity index (χ1) is 7.82. The monoisotopic (exact) mass is 255 g/mol. The zero-order valence-electron chi connectivity index (χ0n) is 11.1. The van der Waals surface area contributed by atoms with Gasteiger partial charge in [0.25, 0.3) is 5.56 Å². The summed E-state index contributed by atoms with van der Waals surface area (Å²) in [4.78, 5) is 18.3. The standard InChI is InChI=1S/C12H21N3OS/c1-8-6-10(16)15-11(14-8)17-7-9(13-5)12(2,3)4/h6,9,13H,7H2,1-5H3,(H,14,15,16). The molecule has 0 saturated carbocycles. The molecule has 0 bridgehead atoms. The van der Waals surface area contributed by atoms with Crippen LogP contribution < -0.4 is 10.9 Å². The van der Waals surface area contributed by atoms with Crippen LogP contribution in [0.1, 0.15) is 26.5 Å². The van der Waals surface area contributed by atoms with Gasteiger partial charge in [0.2, 0.25) is 0 Å². The van der Waals surface area contributed by atoms with Gasteiger partial charge in [-0.2, -0.15) is 0 Å². The molecule has 0 saturated heterocycles. The number of thioether (sulfide) groups is 1. The van der Waals surface area contributed by atoms with Crippen LogP contribution in [-0.2, 0) is 0 Å². The van der Waals surface area contributed by atoms with Crippen LogP contribution in [0.25, 0.3) is 0 Å². The Bertz CT molecular complexity index is 422. The summed E-state index contributed by atoms with van der Waals surface area (Å²) in [6.07, 6.45) is 0. The van der Waals surface area contributed by atoms with E-state index < -0.39 is 0 Å². The normalized spacial score (nSPS) is 13.7. The van der Waals surface area contributed by atoms with E-state index in [1.807, 2.05) is 14.0 Å². The lowest BCUT2D eigenvalue weighted by atomic mass is 9.88. The van der Waals surface area contributed by atoms with E-state index in [9.17, 15) is 4.79 Å². The zero-order chi connectivity index (χ0) is 13.1. The predicted octanol–water partition coefficient (Wildman–Crippen LogP) is 1.80. The van der Waals surface area contributed by atoms with Crippen molar-refractivity contribution in [3.63, 3.8) is 0 Å². The summed E-state index contributed by atoms with van der Waals surface area (Å²) >= 11 is 1.58. The fraction of sp³-hybridized carbons (Fsp3) is 0.667. The van der Waals surface area contributed by atoms with Gasteiger partial charge in [0.1, 0.15) is 0 Å². The van der Waals surface area contributed by atoms with Crippen molar-refractivity contribution in [2.24, 2.45) is 5.41 Å². The van der Waals surface area contributed by atoms with Crippen LogP contribution >= 0.6 is 11.8 Å². The number of hydrogen-bond donors (Lipinski definition) is 2. The molecule has 1 heterocycles. The van der Waals surface area contributed by atoms with E-state index in [-0.39, 0.29) is 11.0 Å². The molecule has 4 nitrogen and oxygen atoms in total. The molecule has 0 aliphatic heterocycles. The van der Waals surface area contributed by atoms with Gasteiger partial charge in [-0.25, -0.2) is 4.98 Å². The highest BCUT2D eigenvalue weighted by Gasteiger charge is 2.23. The van der Waals surface area contributed by atoms with Crippen LogP contribution in [0.2, 0.25) is 0 Å². The van der Waals surface area contributed by atoms with Crippen molar-refractivity contribution >= 4 is 11.8 Å². The minimum atomic E-state index is -0.0863. The van der Waals surface area contributed by atoms with Crippen molar-refractivity contribution < 1.29 is 0 Å². The fourth-order valence-electron chi connectivity index (χ4n) is 1.55. The third-order valence-electron chi connectivity index (χ3n) is 2.63. The lowest BCUT2D eigenvalue weighted by Gasteiger charge is -2.29. The van der Waals surface area contributed by atoms with Crippen molar-refractivity contribution in [1.82, 2.24) is 15.3 Å². The van der Waals surface area contributed by atoms with Crippen molar-refractivity contribution in [1.29, 1.82) is 0 Å². The lowest BCUT2D eigenvalue weighted by Crippen LogP contribution is -2.40. The molecule has 0 aliphatic rings. The van der Waals surface area contributed by atoms with Gasteiger partial charge in [0, 0.05) is 23.6 Å². The summed E-state index contributed by atoms with van der Waals surface area (Å²) in [5.74, 6) is 0.881. The van der Waals surface area contributed by atoms with Gasteiger partial charge >= 0.3 is 0 Å². The van der Waals surface area contributed by atoms with E-state index in [1.165, 1.54) is 6.07 Å². The third kappa shape index (κ3) is 4.52. The molecule has 0 amide bonds. The van der Waals surface area contributed by atoms with Gasteiger partial charge in [0.05, 0.1) is 0 Å². The van der Waals surface area contributed by atoms with Crippen LogP contribution in [0.5, 0.6) is 0 Å². The molecule has 5 heteroatoms. The summed E-state index contributed by atoms with van der Waals surface area (Å²) in [6.45, 7) is 8.42. The average molecular weight is 255 g/mol. The zero-order valence-corrected chi connectivity index (χ0v) is 11.9. The number of aromatic nitrogens is 2. The molecular weight excluding hydrogens is 234 g/mol. The summed E-state index contributed by atoms with van der Waals surface area (Å²) in [5.41, 5.74) is 0.857. The molecule has 1 unspecified atom stereocenters. The van der Waals surface area contributed by atoms with Crippen LogP contribution in [0, 0.1) is 12.3 Å². The Morgan fingerprint density at radius 2 is 2.18 bits per heavy atom. The Morgan fingerprint density at radius 3 is 2.65 bits per heavy atom. The smallest absolute Gasteiger partial charge is 0.251 e. The Balaban J connectivity index is 2.69. The maximum Gasteiger partial charge on any atom is 0.251 e. The first-order valence-corrected chi connectivity index (χ1v) is 6.69. The van der Waals surface area contributed by atoms with E-state index in [2.05, 4.69) is 36.1 Å². The highest BCUT2D eigenvalue weighted by molar-refractivity contribution is 7.99. The third-order valence-corrected chi connectivity index (χ3v) is 3.60. The molecule has 1 atom stereocenters. The van der Waals surface area contributed by atoms with Crippen molar-refractivity contribution in [3.05, 3.63) is 22.1 Å². The molecule has 17 heavy (non-hydrogen) atoms. The van der Waals surface area contributed by atoms with Gasteiger partial charge in [0.15, 0.2) is 5.16 Å². The highest BCUT2D eigenvalue weighted by Crippen LogP contribution is 2.24. The van der Waals surface area contributed by atoms with Crippen molar-refractivity contribution in [2.45, 2.75) is 38.9 Å². The number of hydrogen-bond acceptors (Lipinski definition) is 4. The minimum absolute atomic E-state index is 0.0863. The summed E-state index contributed by atoms with van der Waals surface area (Å²) in [5, 5.41) is 3.99. The van der Waals surface area contributed by atoms with Gasteiger partial charge < -0.3 is 10.3 Å². The molecule has 1 aromatic heterocycles. The second-order valence-corrected chi connectivity index (χ2v) is 6.22. The Kier molecular flexibility index (Phi) is 4.77. The summed E-state index contributed by atoms with van der Waals surface area (Å²) in [7, 11) is 1.96. The quantitative estimate of drug-likeness (QED) is 0.636. The highest BCUT2D eigenvalue weighted by atomic mass is 32.2. The predicted molar refractivity (Wildman–Crippen MR) is 72.6 cm³/mol. The Labute approximate surface area is 107 Å². The maximum absolute atomic E-state index is 11.3. The van der Waals surface area contributed by atoms with E-state index in [0.29, 0.717) is 11.2 Å². The molecule has 0 fully saturated rings. The molecule has 1 rings (SSSR count). The first kappa shape index (κ1) is 14.3. The topological polar surface area (TPSA) is 57.8 Å². The van der Waals surface area contributed by atoms with E-state index in [0.717, 1.165) is 11.4 Å². The van der Waals surface area contributed by atoms with Crippen LogP contribution in [0.15, 0.2) is 16.0 Å². The first-order valence-electron chi connectivity index (χ1n) is 5.71. The maximum atomic E-state index is 11.3. The number of nitrogens with one attached hydrogen (secondary N) is 2. The van der Waals surface area contributed by atoms with Crippen molar-refractivity contribution in [3.8, 4) is 0 Å². The molecule has 0 radical (unpaired) electrons. The summed E-state index contributed by atoms with van der Waals surface area (Å²) < 4.78 is 0. The molecular formula is C12H21N3OS. The molecule has 2 N–H and O–H groups in total. The number of aryl methyl sites for hydroxylation is 1. The number of nitrogens with zero attached hydrogens (tertiary/aromatic N) is 1. The molecule has 0 aromatic carbocycles. The van der Waals surface area contributed by atoms with Crippen LogP contribution in [-0.4, -0.2) is 28.8 Å². The molecule has 0 spiro atoms. The van der Waals surface area contributed by atoms with Gasteiger partial charge in [-0.05, 0) is 19.4 Å². The number of H-pyrrole nitrogens is 1. The number of aromatic amines is 1. The van der Waals surface area contributed by atoms with Crippen LogP contribution in [0.3, 0.4) is 0 Å². The average Bonchev–Trinajstić information content (AvgIpc) is 2.14. The van der Waals surface area contributed by atoms with Crippen LogP contribution in [0.4, 0.5) is 0 Å². The fourth-order valence-corrected chi connectivity index (χ4v) is 2.92. The second-order valence-electron chi connectivity index (χ2n) is 5.21. The van der Waals surface area contributed by atoms with Gasteiger partial charge in [-0.15, -0.1) is 0 Å². The molecule has 96 valence electrons. The largest absolute Gasteiger partial charge is 0.316 e. The van der Waals surface area contributed by atoms with Gasteiger partial charge in [-0.1, -0.05) is 32.5 Å². The van der Waals surface area contributed by atoms with Gasteiger partial charge in [-0.3, -0.25) is 4.79 Å². The Hall–Kier alpha value is -0.810. The molecule has 1 aromatic rings.